The quantitative estimate of drug-likeness (QED) is 0.908. The summed E-state index contributed by atoms with van der Waals surface area (Å²) in [5.41, 5.74) is -0.155. The number of anilines is 1. The Kier molecular flexibility index (Phi) is 3.98. The van der Waals surface area contributed by atoms with Crippen molar-refractivity contribution in [2.75, 3.05) is 5.32 Å². The highest BCUT2D eigenvalue weighted by molar-refractivity contribution is 7.03. The van der Waals surface area contributed by atoms with Crippen molar-refractivity contribution >= 4 is 52.3 Å². The van der Waals surface area contributed by atoms with Crippen LogP contribution in [-0.2, 0) is 0 Å². The molecule has 1 heterocycles. The molecule has 2 rings (SSSR count). The number of amides is 1. The van der Waals surface area contributed by atoms with E-state index in [1.54, 1.807) is 0 Å². The Hall–Kier alpha value is -1.70. The molecule has 0 radical (unpaired) electrons. The molecule has 0 fully saturated rings. The number of hydrogen-bond acceptors (Lipinski definition) is 5. The molecule has 19 heavy (non-hydrogen) atoms. The molecule has 0 saturated carbocycles. The third-order valence-electron chi connectivity index (χ3n) is 2.12. The highest BCUT2D eigenvalue weighted by Gasteiger charge is 2.19. The normalized spacial score (nSPS) is 10.2. The summed E-state index contributed by atoms with van der Waals surface area (Å²) in [5, 5.41) is 16.6. The number of carbonyl (C=O) groups is 2. The predicted octanol–water partition coefficient (Wildman–Crippen LogP) is 2.80. The van der Waals surface area contributed by atoms with Crippen molar-refractivity contribution in [3.05, 3.63) is 38.8 Å². The maximum Gasteiger partial charge on any atom is 0.337 e. The van der Waals surface area contributed by atoms with Gasteiger partial charge in [0.1, 0.15) is 0 Å². The summed E-state index contributed by atoms with van der Waals surface area (Å²) in [6.45, 7) is 0. The van der Waals surface area contributed by atoms with Gasteiger partial charge in [-0.2, -0.15) is 0 Å². The van der Waals surface area contributed by atoms with Crippen LogP contribution >= 0.6 is 34.7 Å². The van der Waals surface area contributed by atoms with Gasteiger partial charge in [0.2, 0.25) is 0 Å². The zero-order chi connectivity index (χ0) is 14.0. The lowest BCUT2D eigenvalue weighted by molar-refractivity contribution is 0.0698. The topological polar surface area (TPSA) is 92.2 Å². The number of halogens is 2. The first kappa shape index (κ1) is 13.7. The molecule has 2 aromatic rings. The van der Waals surface area contributed by atoms with Crippen LogP contribution in [0.4, 0.5) is 5.69 Å². The van der Waals surface area contributed by atoms with Crippen LogP contribution in [-0.4, -0.2) is 26.6 Å². The number of rotatable bonds is 3. The van der Waals surface area contributed by atoms with E-state index < -0.39 is 11.9 Å². The monoisotopic (exact) mass is 317 g/mol. The second-order valence-electron chi connectivity index (χ2n) is 3.36. The van der Waals surface area contributed by atoms with E-state index in [1.807, 2.05) is 0 Å². The third-order valence-corrected chi connectivity index (χ3v) is 3.14. The minimum atomic E-state index is -1.25. The Morgan fingerprint density at radius 2 is 2.05 bits per heavy atom. The molecule has 1 amide bonds. The fraction of sp³-hybridized carbons (Fsp3) is 0. The van der Waals surface area contributed by atoms with Crippen molar-refractivity contribution in [2.45, 2.75) is 0 Å². The van der Waals surface area contributed by atoms with Crippen LogP contribution in [0.15, 0.2) is 17.5 Å². The molecule has 9 heteroatoms. The van der Waals surface area contributed by atoms with E-state index in [1.165, 1.54) is 17.5 Å². The molecule has 0 aliphatic heterocycles. The molecule has 0 aliphatic carbocycles. The van der Waals surface area contributed by atoms with Gasteiger partial charge in [-0.15, -0.1) is 5.10 Å². The van der Waals surface area contributed by atoms with Crippen molar-refractivity contribution in [2.24, 2.45) is 0 Å². The van der Waals surface area contributed by atoms with Gasteiger partial charge in [-0.1, -0.05) is 27.7 Å². The highest BCUT2D eigenvalue weighted by atomic mass is 35.5. The van der Waals surface area contributed by atoms with E-state index in [0.717, 1.165) is 11.5 Å². The third kappa shape index (κ3) is 3.01. The van der Waals surface area contributed by atoms with Crippen LogP contribution in [0.2, 0.25) is 10.0 Å². The van der Waals surface area contributed by atoms with E-state index in [0.29, 0.717) is 0 Å². The van der Waals surface area contributed by atoms with Gasteiger partial charge in [-0.3, -0.25) is 4.79 Å². The van der Waals surface area contributed by atoms with Crippen molar-refractivity contribution in [3.63, 3.8) is 0 Å². The van der Waals surface area contributed by atoms with E-state index in [4.69, 9.17) is 28.3 Å². The Bertz CT molecular complexity index is 646. The number of aromatic carboxylic acids is 1. The van der Waals surface area contributed by atoms with Gasteiger partial charge in [0.25, 0.3) is 5.91 Å². The van der Waals surface area contributed by atoms with Gasteiger partial charge in [-0.25, -0.2) is 4.79 Å². The molecule has 1 aromatic carbocycles. The molecule has 6 nitrogen and oxygen atoms in total. The Labute approximate surface area is 121 Å². The summed E-state index contributed by atoms with van der Waals surface area (Å²) >= 11 is 12.6. The van der Waals surface area contributed by atoms with Crippen molar-refractivity contribution in [3.8, 4) is 0 Å². The fourth-order valence-electron chi connectivity index (χ4n) is 1.31. The van der Waals surface area contributed by atoms with Crippen LogP contribution in [0.5, 0.6) is 0 Å². The van der Waals surface area contributed by atoms with Crippen LogP contribution in [0.1, 0.15) is 20.8 Å². The number of benzene rings is 1. The zero-order valence-corrected chi connectivity index (χ0v) is 11.4. The van der Waals surface area contributed by atoms with Crippen molar-refractivity contribution in [1.82, 2.24) is 9.59 Å². The van der Waals surface area contributed by atoms with Gasteiger partial charge in [-0.05, 0) is 23.7 Å². The van der Waals surface area contributed by atoms with E-state index in [2.05, 4.69) is 14.9 Å². The molecule has 0 aliphatic rings. The zero-order valence-electron chi connectivity index (χ0n) is 9.05. The van der Waals surface area contributed by atoms with Gasteiger partial charge < -0.3 is 10.4 Å². The number of carbonyl (C=O) groups excluding carboxylic acids is 1. The molecule has 0 unspecified atom stereocenters. The average Bonchev–Trinajstić information content (AvgIpc) is 2.85. The molecule has 0 bridgehead atoms. The van der Waals surface area contributed by atoms with Gasteiger partial charge in [0, 0.05) is 10.4 Å². The standard InChI is InChI=1S/C10H5Cl2N3O3S/c11-4-1-5(10(17)18)8(6(12)2-4)13-9(16)7-3-19-15-14-7/h1-3H,(H,13,16)(H,17,18). The summed E-state index contributed by atoms with van der Waals surface area (Å²) in [6.07, 6.45) is 0. The van der Waals surface area contributed by atoms with E-state index in [9.17, 15) is 9.59 Å². The minimum Gasteiger partial charge on any atom is -0.478 e. The van der Waals surface area contributed by atoms with Gasteiger partial charge in [0.05, 0.1) is 16.3 Å². The lowest BCUT2D eigenvalue weighted by atomic mass is 10.1. The molecule has 1 aromatic heterocycles. The van der Waals surface area contributed by atoms with Crippen molar-refractivity contribution in [1.29, 1.82) is 0 Å². The molecule has 2 N–H and O–H groups in total. The highest BCUT2D eigenvalue weighted by Crippen LogP contribution is 2.30. The van der Waals surface area contributed by atoms with Gasteiger partial charge >= 0.3 is 5.97 Å². The summed E-state index contributed by atoms with van der Waals surface area (Å²) in [6, 6.07) is 2.54. The Balaban J connectivity index is 2.39. The Morgan fingerprint density at radius 3 is 2.63 bits per heavy atom. The SMILES string of the molecule is O=C(Nc1c(Cl)cc(Cl)cc1C(=O)O)c1csnn1. The summed E-state index contributed by atoms with van der Waals surface area (Å²) in [4.78, 5) is 22.9. The molecule has 0 atom stereocenters. The second kappa shape index (κ2) is 5.52. The van der Waals surface area contributed by atoms with Gasteiger partial charge in [0.15, 0.2) is 5.69 Å². The largest absolute Gasteiger partial charge is 0.478 e. The number of carboxylic acid groups (broad SMARTS) is 1. The van der Waals surface area contributed by atoms with Crippen LogP contribution in [0.25, 0.3) is 0 Å². The summed E-state index contributed by atoms with van der Waals surface area (Å²) in [7, 11) is 0. The van der Waals surface area contributed by atoms with Crippen LogP contribution in [0, 0.1) is 0 Å². The minimum absolute atomic E-state index is 0.0291. The van der Waals surface area contributed by atoms with Crippen LogP contribution < -0.4 is 5.32 Å². The molecular formula is C10H5Cl2N3O3S. The second-order valence-corrected chi connectivity index (χ2v) is 4.81. The first-order valence-corrected chi connectivity index (χ1v) is 6.39. The number of hydrogen-bond donors (Lipinski definition) is 2. The molecular weight excluding hydrogens is 313 g/mol. The number of aromatic nitrogens is 2. The number of nitrogens with zero attached hydrogens (tertiary/aromatic N) is 2. The van der Waals surface area contributed by atoms with Crippen LogP contribution in [0.3, 0.4) is 0 Å². The van der Waals surface area contributed by atoms with Crippen molar-refractivity contribution < 1.29 is 14.7 Å². The lowest BCUT2D eigenvalue weighted by Gasteiger charge is -2.09. The van der Waals surface area contributed by atoms with E-state index in [-0.39, 0.29) is 27.0 Å². The first-order valence-electron chi connectivity index (χ1n) is 4.80. The maximum absolute atomic E-state index is 11.8. The molecule has 0 spiro atoms. The maximum atomic E-state index is 11.8. The summed E-state index contributed by atoms with van der Waals surface area (Å²) in [5.74, 6) is -1.85. The smallest absolute Gasteiger partial charge is 0.337 e. The first-order chi connectivity index (χ1) is 8.99. The Morgan fingerprint density at radius 1 is 1.32 bits per heavy atom. The molecule has 98 valence electrons. The molecule has 0 saturated heterocycles. The number of carboxylic acids is 1. The number of nitrogens with one attached hydrogen (secondary N) is 1. The fourth-order valence-corrected chi connectivity index (χ4v) is 2.29. The lowest BCUT2D eigenvalue weighted by Crippen LogP contribution is -2.15. The predicted molar refractivity (Wildman–Crippen MR) is 71.3 cm³/mol. The average molecular weight is 318 g/mol. The summed E-state index contributed by atoms with van der Waals surface area (Å²) < 4.78 is 3.54. The van der Waals surface area contributed by atoms with E-state index >= 15 is 0 Å².